The highest BCUT2D eigenvalue weighted by Gasteiger charge is 2.17. The van der Waals surface area contributed by atoms with Gasteiger partial charge in [0.05, 0.1) is 5.69 Å². The first kappa shape index (κ1) is 11.8. The lowest BCUT2D eigenvalue weighted by molar-refractivity contribution is 0.629. The van der Waals surface area contributed by atoms with Gasteiger partial charge in [0.15, 0.2) is 5.69 Å². The van der Waals surface area contributed by atoms with Crippen molar-refractivity contribution in [3.8, 4) is 17.3 Å². The molecule has 5 heteroatoms. The lowest BCUT2D eigenvalue weighted by Crippen LogP contribution is -1.97. The number of hydrogen-bond acceptors (Lipinski definition) is 2. The van der Waals surface area contributed by atoms with E-state index < -0.39 is 0 Å². The molecule has 1 heterocycles. The Hall–Kier alpha value is -1.67. The fourth-order valence-electron chi connectivity index (χ4n) is 1.68. The van der Waals surface area contributed by atoms with Crippen molar-refractivity contribution >= 4 is 15.9 Å². The summed E-state index contributed by atoms with van der Waals surface area (Å²) >= 11 is 3.29. The van der Waals surface area contributed by atoms with Crippen molar-refractivity contribution in [1.82, 2.24) is 9.55 Å². The molecule has 0 saturated carbocycles. The van der Waals surface area contributed by atoms with Crippen molar-refractivity contribution in [3.05, 3.63) is 40.0 Å². The zero-order valence-electron chi connectivity index (χ0n) is 9.33. The fourth-order valence-corrected chi connectivity index (χ4v) is 2.04. The molecular formula is C12H9BrFN3. The van der Waals surface area contributed by atoms with Gasteiger partial charge in [-0.2, -0.15) is 5.26 Å². The van der Waals surface area contributed by atoms with Gasteiger partial charge in [0.2, 0.25) is 0 Å². The minimum absolute atomic E-state index is 0.238. The number of rotatable bonds is 1. The van der Waals surface area contributed by atoms with Crippen LogP contribution in [0.4, 0.5) is 4.39 Å². The molecular weight excluding hydrogens is 285 g/mol. The lowest BCUT2D eigenvalue weighted by Gasteiger charge is -2.06. The summed E-state index contributed by atoms with van der Waals surface area (Å²) in [5, 5.41) is 9.02. The van der Waals surface area contributed by atoms with Crippen molar-refractivity contribution in [2.24, 2.45) is 7.05 Å². The van der Waals surface area contributed by atoms with Crippen LogP contribution in [0.1, 0.15) is 11.5 Å². The number of imidazole rings is 1. The molecule has 17 heavy (non-hydrogen) atoms. The second-order valence-corrected chi connectivity index (χ2v) is 4.57. The van der Waals surface area contributed by atoms with Crippen LogP contribution < -0.4 is 0 Å². The zero-order valence-corrected chi connectivity index (χ0v) is 10.9. The number of aryl methyl sites for hydroxylation is 1. The Bertz CT molecular complexity index is 625. The van der Waals surface area contributed by atoms with Crippen LogP contribution in [-0.2, 0) is 7.05 Å². The van der Waals surface area contributed by atoms with Crippen LogP contribution in [0.25, 0.3) is 11.3 Å². The summed E-state index contributed by atoms with van der Waals surface area (Å²) in [4.78, 5) is 4.10. The van der Waals surface area contributed by atoms with E-state index in [0.717, 1.165) is 4.47 Å². The molecule has 0 saturated heterocycles. The molecule has 0 aliphatic carbocycles. The van der Waals surface area contributed by atoms with Crippen LogP contribution in [0.2, 0.25) is 0 Å². The van der Waals surface area contributed by atoms with Gasteiger partial charge in [0.25, 0.3) is 0 Å². The van der Waals surface area contributed by atoms with Crippen LogP contribution in [-0.4, -0.2) is 9.55 Å². The SMILES string of the molecule is Cc1nc(C#N)c(-c2cc(Br)ccc2F)n1C. The molecule has 0 aliphatic rings. The first-order valence-electron chi connectivity index (χ1n) is 4.93. The lowest BCUT2D eigenvalue weighted by atomic mass is 10.1. The predicted octanol–water partition coefficient (Wildman–Crippen LogP) is 3.17. The van der Waals surface area contributed by atoms with Gasteiger partial charge in [-0.25, -0.2) is 9.37 Å². The third-order valence-electron chi connectivity index (χ3n) is 2.61. The Morgan fingerprint density at radius 1 is 1.47 bits per heavy atom. The Balaban J connectivity index is 2.77. The van der Waals surface area contributed by atoms with Crippen molar-refractivity contribution in [3.63, 3.8) is 0 Å². The summed E-state index contributed by atoms with van der Waals surface area (Å²) in [6.45, 7) is 1.78. The van der Waals surface area contributed by atoms with Gasteiger partial charge in [-0.15, -0.1) is 0 Å². The van der Waals surface area contributed by atoms with Crippen LogP contribution in [0.5, 0.6) is 0 Å². The first-order valence-corrected chi connectivity index (χ1v) is 5.72. The van der Waals surface area contributed by atoms with E-state index in [1.54, 1.807) is 30.7 Å². The van der Waals surface area contributed by atoms with E-state index in [4.69, 9.17) is 5.26 Å². The monoisotopic (exact) mass is 293 g/mol. The van der Waals surface area contributed by atoms with E-state index in [9.17, 15) is 4.39 Å². The first-order chi connectivity index (χ1) is 8.04. The fraction of sp³-hybridized carbons (Fsp3) is 0.167. The highest BCUT2D eigenvalue weighted by molar-refractivity contribution is 9.10. The highest BCUT2D eigenvalue weighted by atomic mass is 79.9. The molecule has 1 aromatic carbocycles. The molecule has 0 atom stereocenters. The van der Waals surface area contributed by atoms with Gasteiger partial charge < -0.3 is 4.57 Å². The number of nitrogens with zero attached hydrogens (tertiary/aromatic N) is 3. The van der Waals surface area contributed by atoms with E-state index >= 15 is 0 Å². The average Bonchev–Trinajstić information content (AvgIpc) is 2.59. The normalized spacial score (nSPS) is 10.3. The molecule has 0 N–H and O–H groups in total. The molecule has 0 spiro atoms. The van der Waals surface area contributed by atoms with Gasteiger partial charge in [-0.05, 0) is 25.1 Å². The molecule has 3 nitrogen and oxygen atoms in total. The molecule has 86 valence electrons. The quantitative estimate of drug-likeness (QED) is 0.810. The molecule has 0 fully saturated rings. The van der Waals surface area contributed by atoms with E-state index in [0.29, 0.717) is 17.1 Å². The van der Waals surface area contributed by atoms with E-state index in [2.05, 4.69) is 20.9 Å². The maximum absolute atomic E-state index is 13.8. The van der Waals surface area contributed by atoms with E-state index in [1.165, 1.54) is 6.07 Å². The predicted molar refractivity (Wildman–Crippen MR) is 65.8 cm³/mol. The summed E-state index contributed by atoms with van der Waals surface area (Å²) < 4.78 is 16.3. The van der Waals surface area contributed by atoms with Gasteiger partial charge >= 0.3 is 0 Å². The number of nitriles is 1. The summed E-state index contributed by atoms with van der Waals surface area (Å²) in [5.74, 6) is 0.309. The third kappa shape index (κ3) is 1.96. The minimum atomic E-state index is -0.368. The van der Waals surface area contributed by atoms with Gasteiger partial charge in [-0.1, -0.05) is 15.9 Å². The molecule has 0 bridgehead atoms. The molecule has 0 aliphatic heterocycles. The number of aromatic nitrogens is 2. The van der Waals surface area contributed by atoms with Crippen LogP contribution in [0.15, 0.2) is 22.7 Å². The summed E-state index contributed by atoms with van der Waals surface area (Å²) in [6, 6.07) is 6.62. The van der Waals surface area contributed by atoms with Gasteiger partial charge in [0.1, 0.15) is 17.7 Å². The average molecular weight is 294 g/mol. The third-order valence-corrected chi connectivity index (χ3v) is 3.10. The number of halogens is 2. The summed E-state index contributed by atoms with van der Waals surface area (Å²) in [7, 11) is 1.76. The molecule has 1 aromatic heterocycles. The minimum Gasteiger partial charge on any atom is -0.330 e. The molecule has 0 radical (unpaired) electrons. The number of hydrogen-bond donors (Lipinski definition) is 0. The smallest absolute Gasteiger partial charge is 0.166 e. The molecule has 2 rings (SSSR count). The summed E-state index contributed by atoms with van der Waals surface area (Å²) in [6.07, 6.45) is 0. The summed E-state index contributed by atoms with van der Waals surface area (Å²) in [5.41, 5.74) is 1.12. The van der Waals surface area contributed by atoms with Crippen molar-refractivity contribution < 1.29 is 4.39 Å². The standard InChI is InChI=1S/C12H9BrFN3/c1-7-16-11(6-15)12(17(7)2)9-5-8(13)3-4-10(9)14/h3-5H,1-2H3. The Labute approximate surface area is 107 Å². The maximum atomic E-state index is 13.8. The second-order valence-electron chi connectivity index (χ2n) is 3.65. The Morgan fingerprint density at radius 2 is 2.18 bits per heavy atom. The largest absolute Gasteiger partial charge is 0.330 e. The van der Waals surface area contributed by atoms with E-state index in [1.807, 2.05) is 6.07 Å². The molecule has 0 unspecified atom stereocenters. The molecule has 2 aromatic rings. The van der Waals surface area contributed by atoms with Crippen molar-refractivity contribution in [2.75, 3.05) is 0 Å². The van der Waals surface area contributed by atoms with Crippen LogP contribution >= 0.6 is 15.9 Å². The van der Waals surface area contributed by atoms with Crippen molar-refractivity contribution in [2.45, 2.75) is 6.92 Å². The van der Waals surface area contributed by atoms with Crippen molar-refractivity contribution in [1.29, 1.82) is 5.26 Å². The maximum Gasteiger partial charge on any atom is 0.166 e. The van der Waals surface area contributed by atoms with Crippen LogP contribution in [0, 0.1) is 24.1 Å². The zero-order chi connectivity index (χ0) is 12.6. The van der Waals surface area contributed by atoms with Gasteiger partial charge in [0, 0.05) is 17.1 Å². The Kier molecular flexibility index (Phi) is 2.99. The van der Waals surface area contributed by atoms with Crippen LogP contribution in [0.3, 0.4) is 0 Å². The topological polar surface area (TPSA) is 41.6 Å². The Morgan fingerprint density at radius 3 is 2.82 bits per heavy atom. The number of benzene rings is 1. The highest BCUT2D eigenvalue weighted by Crippen LogP contribution is 2.29. The van der Waals surface area contributed by atoms with Gasteiger partial charge in [-0.3, -0.25) is 0 Å². The second kappa shape index (κ2) is 4.30. The molecule has 0 amide bonds. The van der Waals surface area contributed by atoms with E-state index in [-0.39, 0.29) is 11.5 Å².